The van der Waals surface area contributed by atoms with Crippen molar-refractivity contribution in [1.29, 1.82) is 0 Å². The second-order valence-corrected chi connectivity index (χ2v) is 5.79. The lowest BCUT2D eigenvalue weighted by Gasteiger charge is -2.15. The van der Waals surface area contributed by atoms with Crippen molar-refractivity contribution in [1.82, 2.24) is 9.88 Å². The highest BCUT2D eigenvalue weighted by atomic mass is 16.4. The van der Waals surface area contributed by atoms with Crippen LogP contribution in [0.2, 0.25) is 0 Å². The third-order valence-electron chi connectivity index (χ3n) is 4.18. The molecule has 1 aromatic heterocycles. The highest BCUT2D eigenvalue weighted by molar-refractivity contribution is 5.82. The van der Waals surface area contributed by atoms with E-state index >= 15 is 0 Å². The van der Waals surface area contributed by atoms with E-state index in [0.717, 1.165) is 5.56 Å². The molecule has 2 aromatic rings. The van der Waals surface area contributed by atoms with Crippen LogP contribution in [0.4, 0.5) is 0 Å². The number of aryl methyl sites for hydroxylation is 1. The fourth-order valence-electron chi connectivity index (χ4n) is 2.77. The molecule has 2 amide bonds. The summed E-state index contributed by atoms with van der Waals surface area (Å²) < 4.78 is 5.67. The minimum Gasteiger partial charge on any atom is -0.441 e. The summed E-state index contributed by atoms with van der Waals surface area (Å²) in [6.45, 7) is 2.77. The number of hydrogen-bond donors (Lipinski definition) is 1. The van der Waals surface area contributed by atoms with Gasteiger partial charge in [-0.05, 0) is 25.5 Å². The van der Waals surface area contributed by atoms with Crippen LogP contribution in [-0.2, 0) is 16.0 Å². The van der Waals surface area contributed by atoms with E-state index in [1.54, 1.807) is 11.8 Å². The van der Waals surface area contributed by atoms with Gasteiger partial charge in [0, 0.05) is 18.7 Å². The highest BCUT2D eigenvalue weighted by Crippen LogP contribution is 2.23. The van der Waals surface area contributed by atoms with Gasteiger partial charge in [0.15, 0.2) is 0 Å². The number of aromatic nitrogens is 1. The van der Waals surface area contributed by atoms with Crippen molar-refractivity contribution in [2.75, 3.05) is 13.1 Å². The molecule has 6 nitrogen and oxygen atoms in total. The molecule has 1 aliphatic rings. The minimum atomic E-state index is -0.343. The molecule has 1 saturated heterocycles. The zero-order chi connectivity index (χ0) is 16.4. The lowest BCUT2D eigenvalue weighted by Crippen LogP contribution is -2.32. The number of nitrogens with two attached hydrogens (primary N) is 1. The maximum Gasteiger partial charge on any atom is 0.228 e. The number of carbonyl (C=O) groups excluding carboxylic acids is 2. The van der Waals surface area contributed by atoms with E-state index in [1.165, 1.54) is 0 Å². The number of likely N-dealkylation sites (tertiary alicyclic amines) is 1. The van der Waals surface area contributed by atoms with Crippen molar-refractivity contribution in [3.05, 3.63) is 41.8 Å². The Kier molecular flexibility index (Phi) is 4.14. The fraction of sp³-hybridized carbons (Fsp3) is 0.353. The first-order chi connectivity index (χ1) is 11.0. The van der Waals surface area contributed by atoms with E-state index in [0.29, 0.717) is 36.9 Å². The van der Waals surface area contributed by atoms with Gasteiger partial charge in [-0.15, -0.1) is 0 Å². The van der Waals surface area contributed by atoms with Gasteiger partial charge in [0.25, 0.3) is 0 Å². The van der Waals surface area contributed by atoms with E-state index in [9.17, 15) is 9.59 Å². The molecule has 0 saturated carbocycles. The minimum absolute atomic E-state index is 0.0511. The third-order valence-corrected chi connectivity index (χ3v) is 4.18. The van der Waals surface area contributed by atoms with Gasteiger partial charge < -0.3 is 15.1 Å². The SMILES string of the molecule is Cc1oc(-c2ccccc2)nc1CC(=O)N1CC[C@@H](C(N)=O)C1. The molecule has 1 atom stereocenters. The first-order valence-electron chi connectivity index (χ1n) is 7.63. The van der Waals surface area contributed by atoms with Crippen molar-refractivity contribution in [3.8, 4) is 11.5 Å². The van der Waals surface area contributed by atoms with Crippen molar-refractivity contribution >= 4 is 11.8 Å². The average Bonchev–Trinajstić information content (AvgIpc) is 3.16. The van der Waals surface area contributed by atoms with Crippen LogP contribution in [0.5, 0.6) is 0 Å². The van der Waals surface area contributed by atoms with Crippen LogP contribution in [0.15, 0.2) is 34.7 Å². The summed E-state index contributed by atoms with van der Waals surface area (Å²) in [7, 11) is 0. The van der Waals surface area contributed by atoms with Gasteiger partial charge in [-0.3, -0.25) is 9.59 Å². The van der Waals surface area contributed by atoms with Crippen LogP contribution in [0.3, 0.4) is 0 Å². The van der Waals surface area contributed by atoms with Crippen molar-refractivity contribution in [2.24, 2.45) is 11.7 Å². The molecule has 23 heavy (non-hydrogen) atoms. The Morgan fingerprint density at radius 3 is 2.74 bits per heavy atom. The van der Waals surface area contributed by atoms with E-state index in [4.69, 9.17) is 10.2 Å². The molecule has 3 rings (SSSR count). The van der Waals surface area contributed by atoms with Gasteiger partial charge in [0.05, 0.1) is 18.0 Å². The first kappa shape index (κ1) is 15.3. The maximum atomic E-state index is 12.4. The van der Waals surface area contributed by atoms with Gasteiger partial charge in [-0.2, -0.15) is 0 Å². The van der Waals surface area contributed by atoms with Crippen molar-refractivity contribution in [3.63, 3.8) is 0 Å². The van der Waals surface area contributed by atoms with Crippen LogP contribution in [0.25, 0.3) is 11.5 Å². The van der Waals surface area contributed by atoms with Crippen molar-refractivity contribution < 1.29 is 14.0 Å². The Bertz CT molecular complexity index is 724. The molecule has 0 spiro atoms. The molecule has 0 radical (unpaired) electrons. The lowest BCUT2D eigenvalue weighted by atomic mass is 10.1. The lowest BCUT2D eigenvalue weighted by molar-refractivity contribution is -0.129. The van der Waals surface area contributed by atoms with E-state index < -0.39 is 0 Å². The number of benzene rings is 1. The maximum absolute atomic E-state index is 12.4. The number of carbonyl (C=O) groups is 2. The summed E-state index contributed by atoms with van der Waals surface area (Å²) in [5, 5.41) is 0. The fourth-order valence-corrected chi connectivity index (χ4v) is 2.77. The van der Waals surface area contributed by atoms with E-state index in [-0.39, 0.29) is 24.2 Å². The summed E-state index contributed by atoms with van der Waals surface area (Å²) >= 11 is 0. The van der Waals surface area contributed by atoms with Gasteiger partial charge in [-0.1, -0.05) is 18.2 Å². The average molecular weight is 313 g/mol. The van der Waals surface area contributed by atoms with Crippen LogP contribution in [0, 0.1) is 12.8 Å². The molecular formula is C17H19N3O3. The standard InChI is InChI=1S/C17H19N3O3/c1-11-14(19-17(23-11)12-5-3-2-4-6-12)9-15(21)20-8-7-13(10-20)16(18)22/h2-6,13H,7-10H2,1H3,(H2,18,22)/t13-/m1/s1. The molecule has 0 unspecified atom stereocenters. The van der Waals surface area contributed by atoms with E-state index in [2.05, 4.69) is 4.98 Å². The largest absolute Gasteiger partial charge is 0.441 e. The molecule has 0 bridgehead atoms. The zero-order valence-corrected chi connectivity index (χ0v) is 13.0. The zero-order valence-electron chi connectivity index (χ0n) is 13.0. The molecule has 2 heterocycles. The van der Waals surface area contributed by atoms with Crippen LogP contribution in [0.1, 0.15) is 17.9 Å². The number of primary amides is 1. The predicted molar refractivity (Wildman–Crippen MR) is 84.3 cm³/mol. The Morgan fingerprint density at radius 2 is 2.09 bits per heavy atom. The summed E-state index contributed by atoms with van der Waals surface area (Å²) in [5.74, 6) is 0.525. The summed E-state index contributed by atoms with van der Waals surface area (Å²) in [4.78, 5) is 29.7. The topological polar surface area (TPSA) is 89.4 Å². The van der Waals surface area contributed by atoms with Crippen LogP contribution in [-0.4, -0.2) is 34.8 Å². The molecule has 1 aromatic carbocycles. The number of rotatable bonds is 4. The van der Waals surface area contributed by atoms with Crippen LogP contribution >= 0.6 is 0 Å². The molecule has 1 fully saturated rings. The Morgan fingerprint density at radius 1 is 1.35 bits per heavy atom. The second kappa shape index (κ2) is 6.24. The number of nitrogens with zero attached hydrogens (tertiary/aromatic N) is 2. The molecule has 0 aliphatic carbocycles. The van der Waals surface area contributed by atoms with Gasteiger partial charge >= 0.3 is 0 Å². The molecule has 120 valence electrons. The van der Waals surface area contributed by atoms with Gasteiger partial charge in [-0.25, -0.2) is 4.98 Å². The summed E-state index contributed by atoms with van der Waals surface area (Å²) in [6.07, 6.45) is 0.807. The normalized spacial score (nSPS) is 17.4. The summed E-state index contributed by atoms with van der Waals surface area (Å²) in [6, 6.07) is 9.57. The quantitative estimate of drug-likeness (QED) is 0.927. The van der Waals surface area contributed by atoms with Gasteiger partial charge in [0.1, 0.15) is 5.76 Å². The number of oxazole rings is 1. The Labute approximate surface area is 134 Å². The number of hydrogen-bond acceptors (Lipinski definition) is 4. The summed E-state index contributed by atoms with van der Waals surface area (Å²) in [5.41, 5.74) is 6.81. The van der Waals surface area contributed by atoms with E-state index in [1.807, 2.05) is 30.3 Å². The van der Waals surface area contributed by atoms with Gasteiger partial charge in [0.2, 0.25) is 17.7 Å². The predicted octanol–water partition coefficient (Wildman–Crippen LogP) is 1.53. The first-order valence-corrected chi connectivity index (χ1v) is 7.63. The van der Waals surface area contributed by atoms with Crippen LogP contribution < -0.4 is 5.73 Å². The molecule has 6 heteroatoms. The molecule has 1 aliphatic heterocycles. The highest BCUT2D eigenvalue weighted by Gasteiger charge is 2.30. The monoisotopic (exact) mass is 313 g/mol. The molecule has 2 N–H and O–H groups in total. The number of amides is 2. The third kappa shape index (κ3) is 3.26. The second-order valence-electron chi connectivity index (χ2n) is 5.79. The Balaban J connectivity index is 1.70. The smallest absolute Gasteiger partial charge is 0.228 e. The Hall–Kier alpha value is -2.63. The molecular weight excluding hydrogens is 294 g/mol. The van der Waals surface area contributed by atoms with Crippen molar-refractivity contribution in [2.45, 2.75) is 19.8 Å².